The molecule has 15 heavy (non-hydrogen) atoms. The molecule has 0 bridgehead atoms. The van der Waals surface area contributed by atoms with Gasteiger partial charge in [0.15, 0.2) is 11.7 Å². The van der Waals surface area contributed by atoms with Gasteiger partial charge < -0.3 is 10.1 Å². The Labute approximate surface area is 89.8 Å². The zero-order chi connectivity index (χ0) is 11.1. The van der Waals surface area contributed by atoms with Gasteiger partial charge >= 0.3 is 0 Å². The molecule has 0 amide bonds. The van der Waals surface area contributed by atoms with Crippen LogP contribution in [-0.4, -0.2) is 12.4 Å². The fraction of sp³-hybridized carbons (Fsp3) is 0.250. The number of hydrogen-bond donors (Lipinski definition) is 1. The Morgan fingerprint density at radius 1 is 1.40 bits per heavy atom. The standard InChI is InChI=1S/C12H15NO2/c1-3-15-12(9-10(2)14)13-11-7-5-4-6-8-11/h4-9,13H,3H2,1-2H3/b12-9-. The van der Waals surface area contributed by atoms with Crippen LogP contribution >= 0.6 is 0 Å². The number of nitrogens with one attached hydrogen (secondary N) is 1. The molecule has 0 fully saturated rings. The lowest BCUT2D eigenvalue weighted by Gasteiger charge is -2.10. The highest BCUT2D eigenvalue weighted by Gasteiger charge is 1.99. The minimum atomic E-state index is -0.0399. The lowest BCUT2D eigenvalue weighted by molar-refractivity contribution is -0.112. The first-order chi connectivity index (χ1) is 7.22. The second-order valence-corrected chi connectivity index (χ2v) is 3.04. The molecule has 0 aliphatic rings. The summed E-state index contributed by atoms with van der Waals surface area (Å²) >= 11 is 0. The molecule has 1 rings (SSSR count). The van der Waals surface area contributed by atoms with Crippen LogP contribution in [0.15, 0.2) is 42.3 Å². The van der Waals surface area contributed by atoms with Gasteiger partial charge in [-0.2, -0.15) is 0 Å². The summed E-state index contributed by atoms with van der Waals surface area (Å²) in [6.45, 7) is 3.89. The second-order valence-electron chi connectivity index (χ2n) is 3.04. The number of allylic oxidation sites excluding steroid dienone is 1. The van der Waals surface area contributed by atoms with Gasteiger partial charge in [-0.1, -0.05) is 18.2 Å². The molecule has 3 nitrogen and oxygen atoms in total. The summed E-state index contributed by atoms with van der Waals surface area (Å²) < 4.78 is 5.29. The number of carbonyl (C=O) groups is 1. The van der Waals surface area contributed by atoms with Crippen molar-refractivity contribution in [2.24, 2.45) is 0 Å². The van der Waals surface area contributed by atoms with E-state index in [2.05, 4.69) is 5.32 Å². The molecule has 0 aliphatic heterocycles. The Bertz CT molecular complexity index is 344. The summed E-state index contributed by atoms with van der Waals surface area (Å²) in [4.78, 5) is 10.9. The lowest BCUT2D eigenvalue weighted by atomic mass is 10.3. The average molecular weight is 205 g/mol. The minimum absolute atomic E-state index is 0.0399. The second kappa shape index (κ2) is 5.86. The SMILES string of the molecule is CCO/C(=C\C(C)=O)Nc1ccccc1. The highest BCUT2D eigenvalue weighted by Crippen LogP contribution is 2.09. The van der Waals surface area contributed by atoms with Gasteiger partial charge in [0.05, 0.1) is 6.61 Å². The summed E-state index contributed by atoms with van der Waals surface area (Å²) in [5.41, 5.74) is 0.901. The third-order valence-electron chi connectivity index (χ3n) is 1.68. The monoisotopic (exact) mass is 205 g/mol. The number of para-hydroxylation sites is 1. The fourth-order valence-corrected chi connectivity index (χ4v) is 1.12. The molecule has 1 N–H and O–H groups in total. The van der Waals surface area contributed by atoms with E-state index >= 15 is 0 Å². The van der Waals surface area contributed by atoms with Crippen molar-refractivity contribution >= 4 is 11.5 Å². The number of hydrogen-bond acceptors (Lipinski definition) is 3. The molecule has 0 heterocycles. The molecule has 80 valence electrons. The Balaban J connectivity index is 2.71. The van der Waals surface area contributed by atoms with Gasteiger partial charge in [-0.25, -0.2) is 0 Å². The first kappa shape index (κ1) is 11.3. The summed E-state index contributed by atoms with van der Waals surface area (Å²) in [5.74, 6) is 0.443. The van der Waals surface area contributed by atoms with Gasteiger partial charge in [-0.3, -0.25) is 4.79 Å². The topological polar surface area (TPSA) is 38.3 Å². The number of carbonyl (C=O) groups excluding carboxylic acids is 1. The highest BCUT2D eigenvalue weighted by molar-refractivity contribution is 5.88. The molecule has 0 saturated carbocycles. The summed E-state index contributed by atoms with van der Waals surface area (Å²) in [6, 6.07) is 9.58. The van der Waals surface area contributed by atoms with Crippen molar-refractivity contribution in [3.05, 3.63) is 42.3 Å². The molecule has 0 unspecified atom stereocenters. The number of anilines is 1. The maximum Gasteiger partial charge on any atom is 0.194 e. The van der Waals surface area contributed by atoms with Gasteiger partial charge in [0.2, 0.25) is 0 Å². The van der Waals surface area contributed by atoms with E-state index in [0.29, 0.717) is 12.5 Å². The van der Waals surface area contributed by atoms with E-state index < -0.39 is 0 Å². The first-order valence-electron chi connectivity index (χ1n) is 4.89. The largest absolute Gasteiger partial charge is 0.479 e. The number of ketones is 1. The third-order valence-corrected chi connectivity index (χ3v) is 1.68. The highest BCUT2D eigenvalue weighted by atomic mass is 16.5. The Kier molecular flexibility index (Phi) is 4.41. The van der Waals surface area contributed by atoms with Crippen molar-refractivity contribution in [1.29, 1.82) is 0 Å². The van der Waals surface area contributed by atoms with E-state index in [4.69, 9.17) is 4.74 Å². The van der Waals surface area contributed by atoms with E-state index in [1.54, 1.807) is 0 Å². The van der Waals surface area contributed by atoms with Gasteiger partial charge in [-0.15, -0.1) is 0 Å². The summed E-state index contributed by atoms with van der Waals surface area (Å²) in [6.07, 6.45) is 1.44. The maximum atomic E-state index is 10.9. The van der Waals surface area contributed by atoms with Crippen molar-refractivity contribution in [2.45, 2.75) is 13.8 Å². The van der Waals surface area contributed by atoms with E-state index in [1.807, 2.05) is 37.3 Å². The average Bonchev–Trinajstić information content (AvgIpc) is 2.18. The quantitative estimate of drug-likeness (QED) is 0.593. The van der Waals surface area contributed by atoms with Crippen molar-refractivity contribution in [2.75, 3.05) is 11.9 Å². The summed E-state index contributed by atoms with van der Waals surface area (Å²) in [7, 11) is 0. The van der Waals surface area contributed by atoms with Crippen LogP contribution in [0.5, 0.6) is 0 Å². The Hall–Kier alpha value is -1.77. The zero-order valence-corrected chi connectivity index (χ0v) is 8.99. The van der Waals surface area contributed by atoms with Gasteiger partial charge in [0, 0.05) is 11.8 Å². The molecule has 1 aromatic carbocycles. The normalized spacial score (nSPS) is 10.9. The van der Waals surface area contributed by atoms with Gasteiger partial charge in [0.25, 0.3) is 0 Å². The molecule has 0 aromatic heterocycles. The van der Waals surface area contributed by atoms with Crippen LogP contribution in [0, 0.1) is 0 Å². The number of benzene rings is 1. The first-order valence-corrected chi connectivity index (χ1v) is 4.89. The van der Waals surface area contributed by atoms with E-state index in [-0.39, 0.29) is 5.78 Å². The minimum Gasteiger partial charge on any atom is -0.479 e. The predicted octanol–water partition coefficient (Wildman–Crippen LogP) is 2.57. The Morgan fingerprint density at radius 2 is 2.07 bits per heavy atom. The predicted molar refractivity (Wildman–Crippen MR) is 60.5 cm³/mol. The molecule has 0 spiro atoms. The molecule has 3 heteroatoms. The van der Waals surface area contributed by atoms with Crippen LogP contribution in [0.4, 0.5) is 5.69 Å². The molecule has 0 atom stereocenters. The lowest BCUT2D eigenvalue weighted by Crippen LogP contribution is -2.05. The zero-order valence-electron chi connectivity index (χ0n) is 8.99. The molecular formula is C12H15NO2. The van der Waals surface area contributed by atoms with Gasteiger partial charge in [0.1, 0.15) is 0 Å². The van der Waals surface area contributed by atoms with Crippen LogP contribution in [0.2, 0.25) is 0 Å². The van der Waals surface area contributed by atoms with Crippen molar-refractivity contribution in [1.82, 2.24) is 0 Å². The summed E-state index contributed by atoms with van der Waals surface area (Å²) in [5, 5.41) is 3.03. The molecule has 0 aliphatic carbocycles. The molecule has 0 radical (unpaired) electrons. The maximum absolute atomic E-state index is 10.9. The molecule has 1 aromatic rings. The molecular weight excluding hydrogens is 190 g/mol. The van der Waals surface area contributed by atoms with E-state index in [0.717, 1.165) is 5.69 Å². The number of rotatable bonds is 5. The Morgan fingerprint density at radius 3 is 2.60 bits per heavy atom. The van der Waals surface area contributed by atoms with Crippen LogP contribution in [-0.2, 0) is 9.53 Å². The van der Waals surface area contributed by atoms with Crippen LogP contribution < -0.4 is 5.32 Å². The van der Waals surface area contributed by atoms with Crippen molar-refractivity contribution in [3.8, 4) is 0 Å². The van der Waals surface area contributed by atoms with Gasteiger partial charge in [-0.05, 0) is 26.0 Å². The molecule has 0 saturated heterocycles. The van der Waals surface area contributed by atoms with Crippen molar-refractivity contribution < 1.29 is 9.53 Å². The van der Waals surface area contributed by atoms with Crippen LogP contribution in [0.1, 0.15) is 13.8 Å². The fourth-order valence-electron chi connectivity index (χ4n) is 1.12. The third kappa shape index (κ3) is 4.31. The van der Waals surface area contributed by atoms with Crippen molar-refractivity contribution in [3.63, 3.8) is 0 Å². The number of ether oxygens (including phenoxy) is 1. The van der Waals surface area contributed by atoms with E-state index in [1.165, 1.54) is 13.0 Å². The van der Waals surface area contributed by atoms with Crippen LogP contribution in [0.3, 0.4) is 0 Å². The van der Waals surface area contributed by atoms with E-state index in [9.17, 15) is 4.79 Å². The smallest absolute Gasteiger partial charge is 0.194 e. The van der Waals surface area contributed by atoms with Crippen LogP contribution in [0.25, 0.3) is 0 Å².